The number of allylic oxidation sites excluding steroid dienone is 2. The van der Waals surface area contributed by atoms with E-state index in [1.165, 1.54) is 12.0 Å². The maximum Gasteiger partial charge on any atom is 0.326 e. The first kappa shape index (κ1) is 18.7. The molecule has 4 heteroatoms. The first-order valence-electron chi connectivity index (χ1n) is 8.65. The van der Waals surface area contributed by atoms with Crippen molar-refractivity contribution < 1.29 is 14.7 Å². The number of aliphatic carboxylic acids is 1. The van der Waals surface area contributed by atoms with E-state index in [0.717, 1.165) is 38.5 Å². The summed E-state index contributed by atoms with van der Waals surface area (Å²) in [5.41, 5.74) is 1.34. The van der Waals surface area contributed by atoms with Crippen molar-refractivity contribution in [1.82, 2.24) is 5.32 Å². The van der Waals surface area contributed by atoms with Crippen molar-refractivity contribution in [2.24, 2.45) is 11.8 Å². The summed E-state index contributed by atoms with van der Waals surface area (Å²) in [5, 5.41) is 12.1. The number of hydrogen-bond donors (Lipinski definition) is 2. The van der Waals surface area contributed by atoms with Crippen molar-refractivity contribution in [3.05, 3.63) is 11.6 Å². The van der Waals surface area contributed by atoms with E-state index in [1.807, 2.05) is 6.92 Å². The Bertz CT molecular complexity index is 403. The topological polar surface area (TPSA) is 66.4 Å². The lowest BCUT2D eigenvalue weighted by Gasteiger charge is -2.21. The summed E-state index contributed by atoms with van der Waals surface area (Å²) in [6.07, 6.45) is 10.1. The molecule has 22 heavy (non-hydrogen) atoms. The van der Waals surface area contributed by atoms with Gasteiger partial charge in [0.05, 0.1) is 0 Å². The van der Waals surface area contributed by atoms with E-state index in [-0.39, 0.29) is 11.8 Å². The molecule has 126 valence electrons. The van der Waals surface area contributed by atoms with Gasteiger partial charge in [-0.3, -0.25) is 4.79 Å². The minimum Gasteiger partial charge on any atom is -0.480 e. The van der Waals surface area contributed by atoms with Crippen LogP contribution in [0.3, 0.4) is 0 Å². The zero-order chi connectivity index (χ0) is 16.5. The molecule has 0 heterocycles. The van der Waals surface area contributed by atoms with Gasteiger partial charge in [-0.05, 0) is 38.0 Å². The Balaban J connectivity index is 2.46. The molecule has 0 saturated heterocycles. The molecule has 0 aromatic carbocycles. The van der Waals surface area contributed by atoms with Gasteiger partial charge in [-0.25, -0.2) is 4.79 Å². The van der Waals surface area contributed by atoms with Gasteiger partial charge in [0.1, 0.15) is 6.04 Å². The Morgan fingerprint density at radius 2 is 2.09 bits per heavy atom. The summed E-state index contributed by atoms with van der Waals surface area (Å²) in [6, 6.07) is -0.764. The van der Waals surface area contributed by atoms with E-state index in [1.54, 1.807) is 0 Å². The lowest BCUT2D eigenvalue weighted by molar-refractivity contribution is -0.142. The molecule has 0 spiro atoms. The van der Waals surface area contributed by atoms with Gasteiger partial charge in [0, 0.05) is 5.92 Å². The Labute approximate surface area is 134 Å². The maximum absolute atomic E-state index is 12.2. The van der Waals surface area contributed by atoms with Crippen LogP contribution in [-0.2, 0) is 9.59 Å². The maximum atomic E-state index is 12.2. The molecule has 0 unspecified atom stereocenters. The van der Waals surface area contributed by atoms with Gasteiger partial charge in [-0.1, -0.05) is 51.7 Å². The second-order valence-corrected chi connectivity index (χ2v) is 6.74. The third kappa shape index (κ3) is 6.63. The van der Waals surface area contributed by atoms with Crippen LogP contribution in [0.1, 0.15) is 72.1 Å². The SMILES string of the molecule is CCCC[C@@H](C)C[C@H](NC(=O)[C@@H](C)CC1=CCCC1)C(=O)O. The number of nitrogens with one attached hydrogen (secondary N) is 1. The van der Waals surface area contributed by atoms with Crippen LogP contribution < -0.4 is 5.32 Å². The Morgan fingerprint density at radius 1 is 1.36 bits per heavy atom. The van der Waals surface area contributed by atoms with Crippen molar-refractivity contribution in [3.8, 4) is 0 Å². The van der Waals surface area contributed by atoms with E-state index in [0.29, 0.717) is 12.3 Å². The number of hydrogen-bond acceptors (Lipinski definition) is 2. The normalized spacial score (nSPS) is 18.4. The van der Waals surface area contributed by atoms with Crippen molar-refractivity contribution >= 4 is 11.9 Å². The molecular weight excluding hydrogens is 278 g/mol. The number of rotatable bonds is 10. The van der Waals surface area contributed by atoms with E-state index in [9.17, 15) is 14.7 Å². The molecule has 0 aromatic rings. The van der Waals surface area contributed by atoms with Gasteiger partial charge < -0.3 is 10.4 Å². The third-order valence-corrected chi connectivity index (χ3v) is 4.45. The molecule has 0 bridgehead atoms. The lowest BCUT2D eigenvalue weighted by Crippen LogP contribution is -2.44. The molecule has 2 N–H and O–H groups in total. The Kier molecular flexibility index (Phi) is 8.21. The molecule has 1 rings (SSSR count). The summed E-state index contributed by atoms with van der Waals surface area (Å²) in [7, 11) is 0. The highest BCUT2D eigenvalue weighted by Crippen LogP contribution is 2.24. The van der Waals surface area contributed by atoms with E-state index in [4.69, 9.17) is 0 Å². The van der Waals surface area contributed by atoms with Crippen molar-refractivity contribution in [1.29, 1.82) is 0 Å². The minimum atomic E-state index is -0.927. The third-order valence-electron chi connectivity index (χ3n) is 4.45. The smallest absolute Gasteiger partial charge is 0.326 e. The summed E-state index contributed by atoms with van der Waals surface area (Å²) in [5.74, 6) is -0.904. The lowest BCUT2D eigenvalue weighted by atomic mass is 9.95. The fraction of sp³-hybridized carbons (Fsp3) is 0.778. The first-order chi connectivity index (χ1) is 10.4. The van der Waals surface area contributed by atoms with Gasteiger partial charge in [-0.15, -0.1) is 0 Å². The fourth-order valence-electron chi connectivity index (χ4n) is 3.02. The van der Waals surface area contributed by atoms with Crippen LogP contribution in [0.2, 0.25) is 0 Å². The van der Waals surface area contributed by atoms with Crippen LogP contribution in [0.15, 0.2) is 11.6 Å². The monoisotopic (exact) mass is 309 g/mol. The van der Waals surface area contributed by atoms with Gasteiger partial charge in [0.2, 0.25) is 5.91 Å². The number of carbonyl (C=O) groups excluding carboxylic acids is 1. The summed E-state index contributed by atoms with van der Waals surface area (Å²) >= 11 is 0. The second-order valence-electron chi connectivity index (χ2n) is 6.74. The van der Waals surface area contributed by atoms with Crippen LogP contribution in [0.25, 0.3) is 0 Å². The quantitative estimate of drug-likeness (QED) is 0.601. The largest absolute Gasteiger partial charge is 0.480 e. The molecule has 0 aliphatic heterocycles. The highest BCUT2D eigenvalue weighted by atomic mass is 16.4. The van der Waals surface area contributed by atoms with Crippen LogP contribution in [-0.4, -0.2) is 23.0 Å². The highest BCUT2D eigenvalue weighted by molar-refractivity contribution is 5.84. The van der Waals surface area contributed by atoms with E-state index in [2.05, 4.69) is 25.2 Å². The average molecular weight is 309 g/mol. The van der Waals surface area contributed by atoms with Crippen LogP contribution in [0.4, 0.5) is 0 Å². The standard InChI is InChI=1S/C18H31NO3/c1-4-5-8-13(2)11-16(18(21)22)19-17(20)14(3)12-15-9-6-7-10-15/h9,13-14,16H,4-8,10-12H2,1-3H3,(H,19,20)(H,21,22)/t13-,14+,16+/m1/s1. The highest BCUT2D eigenvalue weighted by Gasteiger charge is 2.25. The number of carboxylic acid groups (broad SMARTS) is 1. The summed E-state index contributed by atoms with van der Waals surface area (Å²) in [4.78, 5) is 23.6. The molecule has 0 radical (unpaired) electrons. The molecule has 0 saturated carbocycles. The fourth-order valence-corrected chi connectivity index (χ4v) is 3.02. The molecule has 1 aliphatic rings. The molecule has 0 fully saturated rings. The molecule has 3 atom stereocenters. The predicted octanol–water partition coefficient (Wildman–Crippen LogP) is 3.91. The molecule has 1 amide bonds. The number of carbonyl (C=O) groups is 2. The molecule has 4 nitrogen and oxygen atoms in total. The van der Waals surface area contributed by atoms with E-state index >= 15 is 0 Å². The first-order valence-corrected chi connectivity index (χ1v) is 8.65. The van der Waals surface area contributed by atoms with Crippen molar-refractivity contribution in [3.63, 3.8) is 0 Å². The number of carboxylic acids is 1. The second kappa shape index (κ2) is 9.65. The number of unbranched alkanes of at least 4 members (excludes halogenated alkanes) is 1. The van der Waals surface area contributed by atoms with Crippen LogP contribution in [0, 0.1) is 11.8 Å². The van der Waals surface area contributed by atoms with Gasteiger partial charge in [0.25, 0.3) is 0 Å². The molecular formula is C18H31NO3. The van der Waals surface area contributed by atoms with E-state index < -0.39 is 12.0 Å². The van der Waals surface area contributed by atoms with Crippen LogP contribution >= 0.6 is 0 Å². The van der Waals surface area contributed by atoms with Gasteiger partial charge in [-0.2, -0.15) is 0 Å². The average Bonchev–Trinajstić information content (AvgIpc) is 2.96. The van der Waals surface area contributed by atoms with Crippen molar-refractivity contribution in [2.45, 2.75) is 78.2 Å². The van der Waals surface area contributed by atoms with Crippen LogP contribution in [0.5, 0.6) is 0 Å². The zero-order valence-corrected chi connectivity index (χ0v) is 14.2. The summed E-state index contributed by atoms with van der Waals surface area (Å²) < 4.78 is 0. The molecule has 1 aliphatic carbocycles. The molecule has 0 aromatic heterocycles. The Morgan fingerprint density at radius 3 is 2.64 bits per heavy atom. The Hall–Kier alpha value is -1.32. The predicted molar refractivity (Wildman–Crippen MR) is 88.6 cm³/mol. The number of amides is 1. The van der Waals surface area contributed by atoms with Gasteiger partial charge in [0.15, 0.2) is 0 Å². The van der Waals surface area contributed by atoms with Crippen molar-refractivity contribution in [2.75, 3.05) is 0 Å². The summed E-state index contributed by atoms with van der Waals surface area (Å²) in [6.45, 7) is 6.07. The zero-order valence-electron chi connectivity index (χ0n) is 14.2. The van der Waals surface area contributed by atoms with Gasteiger partial charge >= 0.3 is 5.97 Å². The minimum absolute atomic E-state index is 0.136.